The fourth-order valence-electron chi connectivity index (χ4n) is 2.03. The van der Waals surface area contributed by atoms with Crippen molar-refractivity contribution < 1.29 is 9.15 Å². The summed E-state index contributed by atoms with van der Waals surface area (Å²) in [5, 5.41) is 8.28. The molecule has 5 nitrogen and oxygen atoms in total. The van der Waals surface area contributed by atoms with Gasteiger partial charge in [0, 0.05) is 7.11 Å². The summed E-state index contributed by atoms with van der Waals surface area (Å²) >= 11 is 9.62. The fourth-order valence-corrected chi connectivity index (χ4v) is 2.60. The van der Waals surface area contributed by atoms with Crippen LogP contribution in [-0.4, -0.2) is 30.0 Å². The molecule has 2 aromatic heterocycles. The maximum Gasteiger partial charge on any atom is 0.169 e. The number of hydrogen-bond donors (Lipinski definition) is 1. The van der Waals surface area contributed by atoms with Gasteiger partial charge >= 0.3 is 0 Å². The van der Waals surface area contributed by atoms with Gasteiger partial charge in [0.05, 0.1) is 30.1 Å². The third-order valence-corrected chi connectivity index (χ3v) is 3.62. The maximum atomic E-state index is 6.29. The van der Waals surface area contributed by atoms with Crippen LogP contribution in [0.2, 0.25) is 5.02 Å². The van der Waals surface area contributed by atoms with Gasteiger partial charge in [-0.25, -0.2) is 0 Å². The van der Waals surface area contributed by atoms with E-state index in [0.29, 0.717) is 22.8 Å². The summed E-state index contributed by atoms with van der Waals surface area (Å²) in [6, 6.07) is 3.64. The molecule has 0 bridgehead atoms. The third-order valence-electron chi connectivity index (χ3n) is 2.90. The van der Waals surface area contributed by atoms with Crippen LogP contribution in [-0.2, 0) is 11.3 Å². The molecule has 7 heteroatoms. The second-order valence-corrected chi connectivity index (χ2v) is 5.42. The van der Waals surface area contributed by atoms with E-state index < -0.39 is 0 Å². The Bertz CT molecular complexity index is 556. The Kier molecular flexibility index (Phi) is 5.65. The topological polar surface area (TPSA) is 52.2 Å². The predicted octanol–water partition coefficient (Wildman–Crippen LogP) is 3.24. The monoisotopic (exact) mass is 361 g/mol. The summed E-state index contributed by atoms with van der Waals surface area (Å²) in [4.78, 5) is 0. The quantitative estimate of drug-likeness (QED) is 0.821. The molecule has 0 radical (unpaired) electrons. The van der Waals surface area contributed by atoms with Crippen LogP contribution in [0.25, 0.3) is 0 Å². The first-order valence-corrected chi connectivity index (χ1v) is 7.53. The molecule has 0 aliphatic heterocycles. The molecule has 2 heterocycles. The van der Waals surface area contributed by atoms with Gasteiger partial charge in [0.1, 0.15) is 11.8 Å². The van der Waals surface area contributed by atoms with Gasteiger partial charge in [0.15, 0.2) is 4.67 Å². The molecule has 0 aromatic carbocycles. The van der Waals surface area contributed by atoms with E-state index in [0.717, 1.165) is 18.0 Å². The Morgan fingerprint density at radius 3 is 2.95 bits per heavy atom. The van der Waals surface area contributed by atoms with Crippen molar-refractivity contribution in [3.63, 3.8) is 0 Å². The molecule has 0 fully saturated rings. The van der Waals surface area contributed by atoms with Crippen LogP contribution >= 0.6 is 27.5 Å². The van der Waals surface area contributed by atoms with Crippen molar-refractivity contribution in [1.29, 1.82) is 0 Å². The number of furan rings is 1. The van der Waals surface area contributed by atoms with E-state index in [1.165, 1.54) is 0 Å². The van der Waals surface area contributed by atoms with Gasteiger partial charge in [-0.3, -0.25) is 4.68 Å². The maximum absolute atomic E-state index is 6.29. The first kappa shape index (κ1) is 15.6. The zero-order chi connectivity index (χ0) is 14.5. The summed E-state index contributed by atoms with van der Waals surface area (Å²) in [6.07, 6.45) is 1.65. The molecule has 0 amide bonds. The normalized spacial score (nSPS) is 12.8. The minimum atomic E-state index is -0.141. The molecule has 20 heavy (non-hydrogen) atoms. The van der Waals surface area contributed by atoms with E-state index in [4.69, 9.17) is 20.8 Å². The Morgan fingerprint density at radius 1 is 1.55 bits per heavy atom. The molecule has 0 saturated heterocycles. The highest BCUT2D eigenvalue weighted by molar-refractivity contribution is 9.10. The van der Waals surface area contributed by atoms with Crippen LogP contribution in [0.5, 0.6) is 0 Å². The summed E-state index contributed by atoms with van der Waals surface area (Å²) < 4.78 is 13.3. The SMILES string of the molecule is CCNC(c1ccc(Br)o1)c1c(Cl)cnn1CCOC. The van der Waals surface area contributed by atoms with Crippen LogP contribution in [0.15, 0.2) is 27.4 Å². The van der Waals surface area contributed by atoms with Crippen LogP contribution in [0.1, 0.15) is 24.4 Å². The third kappa shape index (κ3) is 3.44. The standard InChI is InChI=1S/C13H17BrClN3O2/c1-3-16-12(10-4-5-11(14)20-10)13-9(15)8-17-18(13)6-7-19-2/h4-5,8,12,16H,3,6-7H2,1-2H3. The average Bonchev–Trinajstić information content (AvgIpc) is 3.01. The molecule has 2 aromatic rings. The Morgan fingerprint density at radius 2 is 2.35 bits per heavy atom. The highest BCUT2D eigenvalue weighted by Crippen LogP contribution is 2.30. The highest BCUT2D eigenvalue weighted by Gasteiger charge is 2.24. The van der Waals surface area contributed by atoms with Crippen LogP contribution in [0.4, 0.5) is 0 Å². The van der Waals surface area contributed by atoms with Gasteiger partial charge < -0.3 is 14.5 Å². The minimum Gasteiger partial charge on any atom is -0.452 e. The second-order valence-electron chi connectivity index (χ2n) is 4.23. The van der Waals surface area contributed by atoms with E-state index in [9.17, 15) is 0 Å². The highest BCUT2D eigenvalue weighted by atomic mass is 79.9. The largest absolute Gasteiger partial charge is 0.452 e. The molecule has 1 atom stereocenters. The van der Waals surface area contributed by atoms with Crippen molar-refractivity contribution in [3.8, 4) is 0 Å². The molecule has 2 rings (SSSR count). The zero-order valence-electron chi connectivity index (χ0n) is 11.4. The molecule has 0 aliphatic rings. The molecule has 0 spiro atoms. The summed E-state index contributed by atoms with van der Waals surface area (Å²) in [6.45, 7) is 4.04. The molecule has 0 aliphatic carbocycles. The zero-order valence-corrected chi connectivity index (χ0v) is 13.7. The second kappa shape index (κ2) is 7.26. The number of aromatic nitrogens is 2. The van der Waals surface area contributed by atoms with Gasteiger partial charge in [-0.15, -0.1) is 0 Å². The van der Waals surface area contributed by atoms with E-state index in [-0.39, 0.29) is 6.04 Å². The van der Waals surface area contributed by atoms with E-state index in [2.05, 4.69) is 26.3 Å². The van der Waals surface area contributed by atoms with E-state index in [1.54, 1.807) is 13.3 Å². The Hall–Kier alpha value is -0.820. The lowest BCUT2D eigenvalue weighted by molar-refractivity contribution is 0.181. The van der Waals surface area contributed by atoms with Gasteiger partial charge in [-0.1, -0.05) is 18.5 Å². The molecule has 1 N–H and O–H groups in total. The van der Waals surface area contributed by atoms with Crippen molar-refractivity contribution in [1.82, 2.24) is 15.1 Å². The fraction of sp³-hybridized carbons (Fsp3) is 0.462. The molecular formula is C13H17BrClN3O2. The van der Waals surface area contributed by atoms with Gasteiger partial charge in [-0.2, -0.15) is 5.10 Å². The van der Waals surface area contributed by atoms with Crippen LogP contribution in [0.3, 0.4) is 0 Å². The van der Waals surface area contributed by atoms with Crippen molar-refractivity contribution >= 4 is 27.5 Å². The summed E-state index contributed by atoms with van der Waals surface area (Å²) in [5.41, 5.74) is 0.882. The Labute approximate surface area is 131 Å². The summed E-state index contributed by atoms with van der Waals surface area (Å²) in [5.74, 6) is 0.791. The number of nitrogens with one attached hydrogen (secondary N) is 1. The molecular weight excluding hydrogens is 346 g/mol. The van der Waals surface area contributed by atoms with Gasteiger partial charge in [-0.05, 0) is 34.6 Å². The number of hydrogen-bond acceptors (Lipinski definition) is 4. The average molecular weight is 363 g/mol. The summed E-state index contributed by atoms with van der Waals surface area (Å²) in [7, 11) is 1.66. The lowest BCUT2D eigenvalue weighted by atomic mass is 10.1. The number of nitrogens with zero attached hydrogens (tertiary/aromatic N) is 2. The smallest absolute Gasteiger partial charge is 0.169 e. The number of rotatable bonds is 7. The predicted molar refractivity (Wildman–Crippen MR) is 81.0 cm³/mol. The number of ether oxygens (including phenoxy) is 1. The van der Waals surface area contributed by atoms with E-state index >= 15 is 0 Å². The first-order valence-electron chi connectivity index (χ1n) is 6.36. The van der Waals surface area contributed by atoms with Gasteiger partial charge in [0.25, 0.3) is 0 Å². The number of methoxy groups -OCH3 is 1. The van der Waals surface area contributed by atoms with Crippen molar-refractivity contribution in [2.24, 2.45) is 0 Å². The lowest BCUT2D eigenvalue weighted by Gasteiger charge is -2.18. The van der Waals surface area contributed by atoms with E-state index in [1.807, 2.05) is 23.7 Å². The van der Waals surface area contributed by atoms with Crippen molar-refractivity contribution in [2.75, 3.05) is 20.3 Å². The van der Waals surface area contributed by atoms with Crippen molar-refractivity contribution in [3.05, 3.63) is 39.5 Å². The van der Waals surface area contributed by atoms with Crippen LogP contribution < -0.4 is 5.32 Å². The lowest BCUT2D eigenvalue weighted by Crippen LogP contribution is -2.25. The Balaban J connectivity index is 2.35. The molecule has 0 saturated carbocycles. The number of halogens is 2. The van der Waals surface area contributed by atoms with Crippen molar-refractivity contribution in [2.45, 2.75) is 19.5 Å². The molecule has 110 valence electrons. The first-order chi connectivity index (χ1) is 9.67. The van der Waals surface area contributed by atoms with Crippen LogP contribution in [0, 0.1) is 0 Å². The molecule has 1 unspecified atom stereocenters. The van der Waals surface area contributed by atoms with Gasteiger partial charge in [0.2, 0.25) is 0 Å². The minimum absolute atomic E-state index is 0.141.